The zero-order valence-electron chi connectivity index (χ0n) is 19.8. The van der Waals surface area contributed by atoms with Gasteiger partial charge in [0.15, 0.2) is 0 Å². The molecule has 4 nitrogen and oxygen atoms in total. The highest BCUT2D eigenvalue weighted by Crippen LogP contribution is 2.23. The SMILES string of the molecule is C=CC(=C\C=C(/C)OC)/C(=N/OCCN(C(C)C)C(C)C)c1cccc2ccccc12. The minimum Gasteiger partial charge on any atom is -0.501 e. The van der Waals surface area contributed by atoms with Gasteiger partial charge in [0.1, 0.15) is 12.3 Å². The van der Waals surface area contributed by atoms with Crippen LogP contribution in [0.25, 0.3) is 10.8 Å². The molecule has 0 amide bonds. The summed E-state index contributed by atoms with van der Waals surface area (Å²) in [5.41, 5.74) is 2.64. The summed E-state index contributed by atoms with van der Waals surface area (Å²) in [6, 6.07) is 15.4. The van der Waals surface area contributed by atoms with E-state index in [4.69, 9.17) is 9.57 Å². The molecule has 2 rings (SSSR count). The van der Waals surface area contributed by atoms with Gasteiger partial charge >= 0.3 is 0 Å². The number of methoxy groups -OCH3 is 1. The molecule has 0 radical (unpaired) electrons. The standard InChI is InChI=1S/C27H36N2O2/c1-8-23(17-16-22(6)30-7)27(28-31-19-18-29(20(2)3)21(4)5)26-15-11-13-24-12-9-10-14-25(24)26/h8-17,20-21H,1,18-19H2,2-7H3/b22-16+,23-17+,28-27-. The summed E-state index contributed by atoms with van der Waals surface area (Å²) in [6.45, 7) is 16.1. The summed E-state index contributed by atoms with van der Waals surface area (Å²) >= 11 is 0. The minimum absolute atomic E-state index is 0.455. The van der Waals surface area contributed by atoms with Crippen LogP contribution in [0.2, 0.25) is 0 Å². The second kappa shape index (κ2) is 12.1. The monoisotopic (exact) mass is 420 g/mol. The van der Waals surface area contributed by atoms with Crippen LogP contribution in [0.15, 0.2) is 83.8 Å². The predicted octanol–water partition coefficient (Wildman–Crippen LogP) is 6.34. The lowest BCUT2D eigenvalue weighted by Gasteiger charge is -2.29. The van der Waals surface area contributed by atoms with Gasteiger partial charge in [-0.2, -0.15) is 0 Å². The van der Waals surface area contributed by atoms with Crippen LogP contribution in [0.4, 0.5) is 0 Å². The Kier molecular flexibility index (Phi) is 9.54. The maximum Gasteiger partial charge on any atom is 0.129 e. The number of allylic oxidation sites excluding steroid dienone is 5. The lowest BCUT2D eigenvalue weighted by molar-refractivity contribution is 0.0830. The maximum absolute atomic E-state index is 5.85. The Labute approximate surface area is 187 Å². The average Bonchev–Trinajstić information content (AvgIpc) is 2.76. The molecule has 0 aliphatic carbocycles. The van der Waals surface area contributed by atoms with Crippen molar-refractivity contribution in [1.29, 1.82) is 0 Å². The first kappa shape index (κ1) is 24.4. The Morgan fingerprint density at radius 1 is 1.03 bits per heavy atom. The van der Waals surface area contributed by atoms with E-state index in [0.29, 0.717) is 18.7 Å². The molecule has 4 heteroatoms. The smallest absolute Gasteiger partial charge is 0.129 e. The van der Waals surface area contributed by atoms with Crippen molar-refractivity contribution in [3.63, 3.8) is 0 Å². The number of rotatable bonds is 11. The Bertz CT molecular complexity index is 941. The number of fused-ring (bicyclic) bond motifs is 1. The van der Waals surface area contributed by atoms with Gasteiger partial charge in [-0.15, -0.1) is 0 Å². The number of hydrogen-bond acceptors (Lipinski definition) is 4. The zero-order valence-corrected chi connectivity index (χ0v) is 19.8. The van der Waals surface area contributed by atoms with Crippen LogP contribution in [0.1, 0.15) is 40.2 Å². The van der Waals surface area contributed by atoms with Crippen LogP contribution < -0.4 is 0 Å². The third-order valence-electron chi connectivity index (χ3n) is 5.28. The van der Waals surface area contributed by atoms with E-state index in [1.165, 1.54) is 0 Å². The second-order valence-corrected chi connectivity index (χ2v) is 8.03. The third-order valence-corrected chi connectivity index (χ3v) is 5.28. The van der Waals surface area contributed by atoms with E-state index in [0.717, 1.165) is 39.9 Å². The molecule has 0 aromatic heterocycles. The van der Waals surface area contributed by atoms with Gasteiger partial charge < -0.3 is 9.57 Å². The second-order valence-electron chi connectivity index (χ2n) is 8.03. The van der Waals surface area contributed by atoms with Gasteiger partial charge in [0.05, 0.1) is 12.9 Å². The van der Waals surface area contributed by atoms with E-state index in [9.17, 15) is 0 Å². The highest BCUT2D eigenvalue weighted by atomic mass is 16.6. The molecule has 31 heavy (non-hydrogen) atoms. The van der Waals surface area contributed by atoms with Gasteiger partial charge in [0.2, 0.25) is 0 Å². The summed E-state index contributed by atoms with van der Waals surface area (Å²) in [4.78, 5) is 8.24. The van der Waals surface area contributed by atoms with Crippen molar-refractivity contribution in [2.45, 2.75) is 46.7 Å². The molecular weight excluding hydrogens is 384 g/mol. The number of ether oxygens (including phenoxy) is 1. The predicted molar refractivity (Wildman–Crippen MR) is 132 cm³/mol. The highest BCUT2D eigenvalue weighted by Gasteiger charge is 2.14. The zero-order chi connectivity index (χ0) is 22.8. The Balaban J connectivity index is 2.43. The van der Waals surface area contributed by atoms with E-state index in [-0.39, 0.29) is 0 Å². The van der Waals surface area contributed by atoms with Gasteiger partial charge in [-0.3, -0.25) is 4.90 Å². The van der Waals surface area contributed by atoms with Crippen molar-refractivity contribution in [3.05, 3.63) is 84.2 Å². The van der Waals surface area contributed by atoms with Crippen LogP contribution >= 0.6 is 0 Å². The summed E-state index contributed by atoms with van der Waals surface area (Å²) < 4.78 is 5.28. The van der Waals surface area contributed by atoms with Crippen molar-refractivity contribution < 1.29 is 9.57 Å². The van der Waals surface area contributed by atoms with Crippen LogP contribution in [-0.2, 0) is 9.57 Å². The molecule has 2 aromatic rings. The molecule has 0 aliphatic rings. The fourth-order valence-corrected chi connectivity index (χ4v) is 3.58. The molecule has 0 saturated carbocycles. The topological polar surface area (TPSA) is 34.1 Å². The molecule has 0 N–H and O–H groups in total. The molecular formula is C27H36N2O2. The molecule has 0 unspecified atom stereocenters. The molecule has 0 aliphatic heterocycles. The lowest BCUT2D eigenvalue weighted by atomic mass is 9.96. The van der Waals surface area contributed by atoms with Crippen LogP contribution in [0.5, 0.6) is 0 Å². The Hall–Kier alpha value is -2.85. The van der Waals surface area contributed by atoms with Crippen LogP contribution in [-0.4, -0.2) is 43.0 Å². The third kappa shape index (κ3) is 6.83. The van der Waals surface area contributed by atoms with Gasteiger partial charge in [0, 0.05) is 29.8 Å². The van der Waals surface area contributed by atoms with E-state index >= 15 is 0 Å². The first-order chi connectivity index (χ1) is 14.9. The first-order valence-corrected chi connectivity index (χ1v) is 10.9. The molecule has 166 valence electrons. The van der Waals surface area contributed by atoms with E-state index in [2.05, 4.69) is 68.6 Å². The van der Waals surface area contributed by atoms with Gasteiger partial charge in [-0.05, 0) is 57.5 Å². The highest BCUT2D eigenvalue weighted by molar-refractivity contribution is 6.20. The molecule has 0 atom stereocenters. The van der Waals surface area contributed by atoms with Crippen molar-refractivity contribution in [2.75, 3.05) is 20.3 Å². The number of oxime groups is 1. The largest absolute Gasteiger partial charge is 0.501 e. The average molecular weight is 421 g/mol. The molecule has 0 spiro atoms. The Morgan fingerprint density at radius 2 is 1.71 bits per heavy atom. The van der Waals surface area contributed by atoms with Crippen LogP contribution in [0.3, 0.4) is 0 Å². The molecule has 0 bridgehead atoms. The van der Waals surface area contributed by atoms with E-state index in [1.54, 1.807) is 13.2 Å². The van der Waals surface area contributed by atoms with Crippen molar-refractivity contribution in [3.8, 4) is 0 Å². The van der Waals surface area contributed by atoms with E-state index < -0.39 is 0 Å². The fraction of sp³-hybridized carbons (Fsp3) is 0.370. The van der Waals surface area contributed by atoms with Crippen molar-refractivity contribution >= 4 is 16.5 Å². The molecule has 0 fully saturated rings. The van der Waals surface area contributed by atoms with E-state index in [1.807, 2.05) is 37.3 Å². The fourth-order valence-electron chi connectivity index (χ4n) is 3.58. The van der Waals surface area contributed by atoms with Gasteiger partial charge in [-0.25, -0.2) is 0 Å². The number of hydrogen-bond donors (Lipinski definition) is 0. The van der Waals surface area contributed by atoms with Gasteiger partial charge in [0.25, 0.3) is 0 Å². The molecule has 2 aromatic carbocycles. The maximum atomic E-state index is 5.85. The van der Waals surface area contributed by atoms with Crippen LogP contribution in [0, 0.1) is 0 Å². The Morgan fingerprint density at radius 3 is 2.35 bits per heavy atom. The summed E-state index contributed by atoms with van der Waals surface area (Å²) in [6.07, 6.45) is 5.68. The number of benzene rings is 2. The summed E-state index contributed by atoms with van der Waals surface area (Å²) in [7, 11) is 1.66. The minimum atomic E-state index is 0.455. The van der Waals surface area contributed by atoms with Crippen molar-refractivity contribution in [2.24, 2.45) is 5.16 Å². The summed E-state index contributed by atoms with van der Waals surface area (Å²) in [5.74, 6) is 0.807. The van der Waals surface area contributed by atoms with Gasteiger partial charge in [-0.1, -0.05) is 60.3 Å². The number of nitrogens with zero attached hydrogens (tertiary/aromatic N) is 2. The summed E-state index contributed by atoms with van der Waals surface area (Å²) in [5, 5.41) is 6.87. The van der Waals surface area contributed by atoms with Crippen molar-refractivity contribution in [1.82, 2.24) is 4.90 Å². The first-order valence-electron chi connectivity index (χ1n) is 10.9. The molecule has 0 saturated heterocycles. The normalized spacial score (nSPS) is 13.4. The lowest BCUT2D eigenvalue weighted by Crippen LogP contribution is -2.39. The molecule has 0 heterocycles. The quantitative estimate of drug-likeness (QED) is 0.140.